The summed E-state index contributed by atoms with van der Waals surface area (Å²) < 4.78 is 5.48. The topological polar surface area (TPSA) is 616 Å². The van der Waals surface area contributed by atoms with Gasteiger partial charge < -0.3 is 137 Å². The molecule has 0 aliphatic carbocycles. The molecule has 1 saturated heterocycles. The molecule has 42 nitrogen and oxygen atoms in total. The number of aliphatic carboxylic acids is 4. The summed E-state index contributed by atoms with van der Waals surface area (Å²) in [7, 11) is 0. The van der Waals surface area contributed by atoms with Crippen molar-refractivity contribution in [1.29, 1.82) is 0 Å². The first-order valence-corrected chi connectivity index (χ1v) is 43.2. The van der Waals surface area contributed by atoms with Crippen molar-refractivity contribution in [3.05, 3.63) is 13.2 Å². The van der Waals surface area contributed by atoms with Gasteiger partial charge in [0.2, 0.25) is 65.0 Å². The molecular weight excluding hydrogens is 1780 g/mol. The van der Waals surface area contributed by atoms with Crippen LogP contribution < -0.4 is 78.9 Å². The summed E-state index contributed by atoms with van der Waals surface area (Å²) in [5.41, 5.74) is 0. The monoisotopic (exact) mass is 1930 g/mol. The van der Waals surface area contributed by atoms with E-state index in [-0.39, 0.29) is 142 Å². The molecule has 1 fully saturated rings. The standard InChI is InChI=1S/C46H80N10O19.C35H65N5O7.CH2O.Gd/c1-3-38(59)49-35(9-12-40(61)62)44(68)51-37(11-14-42(65)66)46(70)52-36(10-13-41(63)64)45(69)50-34(43(67)48-16-28-73-27-6-7-33(2)58)8-4-5-15-47-39(60)31-55-21-19-53(25-29-74-71)17-18-54(26-30-75-72)20-23-56(32-57)24-22-55;1-8-9-10-11-12-13-14-15-16-17-18-19-20-21-29(41)40-31(24(2)3)35(47)39-28(7)34(46)38-27(6)33(45)37-26(5)32(44)36-25(4)22-23-30(42)43;1-2;/h29-30,34-37,57,71-72H,3-28,31-32H2,1-2H3,(H,47,60)(H,48,67)(H,49,59)(H,50,69)(H,51,68)(H,52,70)(H,61,62)(H,63,64)(H,65,66);24-28,31H,8-23H2,1-7H3,(H,36,44)(H,37,45)(H,38,46)(H,39,47)(H,40,41)(H,42,43);1H2;/q-2;;;/p-4/t34-,35-,36-,37-;25-,26+,27+,28+,31+;;/m01../s1. The minimum atomic E-state index is -1.74. The molecule has 1 rings (SSSR count). The van der Waals surface area contributed by atoms with Crippen LogP contribution in [0.15, 0.2) is 0 Å². The van der Waals surface area contributed by atoms with E-state index in [0.717, 1.165) is 19.3 Å². The van der Waals surface area contributed by atoms with Crippen LogP contribution in [0.5, 0.6) is 0 Å². The van der Waals surface area contributed by atoms with Crippen molar-refractivity contribution >= 4 is 101 Å². The van der Waals surface area contributed by atoms with Gasteiger partial charge in [-0.2, -0.15) is 13.2 Å². The predicted molar refractivity (Wildman–Crippen MR) is 444 cm³/mol. The first-order valence-electron chi connectivity index (χ1n) is 43.2. The van der Waals surface area contributed by atoms with Crippen molar-refractivity contribution in [2.24, 2.45) is 5.92 Å². The normalized spacial score (nSPS) is 15.0. The number of ketones is 1. The third-order valence-corrected chi connectivity index (χ3v) is 19.9. The average Bonchev–Trinajstić information content (AvgIpc) is 0.868. The number of aliphatic hydroxyl groups is 1. The molecule has 125 heavy (non-hydrogen) atoms. The van der Waals surface area contributed by atoms with Crippen LogP contribution in [-0.2, 0) is 96.0 Å². The van der Waals surface area contributed by atoms with Crippen molar-refractivity contribution < 1.29 is 172 Å². The summed E-state index contributed by atoms with van der Waals surface area (Å²) in [6.45, 7) is 23.7. The molecule has 9 atom stereocenters. The molecule has 1 aliphatic rings. The van der Waals surface area contributed by atoms with Crippen LogP contribution in [-0.4, -0.2) is 296 Å². The summed E-state index contributed by atoms with van der Waals surface area (Å²) >= 11 is 0. The van der Waals surface area contributed by atoms with Gasteiger partial charge in [0, 0.05) is 161 Å². The van der Waals surface area contributed by atoms with Gasteiger partial charge in [-0.25, -0.2) is 0 Å². The molecule has 0 radical (unpaired) electrons. The number of aliphatic hydroxyl groups excluding tert-OH is 1. The minimum Gasteiger partial charge on any atom is -0.550 e. The van der Waals surface area contributed by atoms with Gasteiger partial charge in [0.1, 0.15) is 60.9 Å². The fourth-order valence-corrected chi connectivity index (χ4v) is 12.4. The smallest absolute Gasteiger partial charge is 0.243 e. The zero-order chi connectivity index (χ0) is 93.7. The van der Waals surface area contributed by atoms with Crippen LogP contribution >= 0.6 is 0 Å². The number of carboxylic acids is 4. The van der Waals surface area contributed by atoms with Gasteiger partial charge in [-0.05, 0) is 124 Å². The fourth-order valence-electron chi connectivity index (χ4n) is 12.4. The van der Waals surface area contributed by atoms with E-state index in [9.17, 15) is 102 Å². The van der Waals surface area contributed by atoms with Crippen LogP contribution in [0.25, 0.3) is 0 Å². The summed E-state index contributed by atoms with van der Waals surface area (Å²) in [6, 6.07) is -10.4. The Morgan fingerprint density at radius 3 is 1.18 bits per heavy atom. The molecule has 11 amide bonds. The number of ether oxygens (including phenoxy) is 1. The molecule has 0 aromatic heterocycles. The van der Waals surface area contributed by atoms with Crippen LogP contribution in [0.2, 0.25) is 0 Å². The van der Waals surface area contributed by atoms with Gasteiger partial charge in [0.25, 0.3) is 0 Å². The maximum absolute atomic E-state index is 13.9. The van der Waals surface area contributed by atoms with Crippen LogP contribution in [0.3, 0.4) is 0 Å². The molecule has 0 bridgehead atoms. The fraction of sp³-hybridized carbons (Fsp3) is 0.768. The number of carbonyl (C=O) groups is 17. The van der Waals surface area contributed by atoms with E-state index in [0.29, 0.717) is 84.6 Å². The SMILES string of the molecule is C=O.CCC(=O)N[C@@H](CCC(=O)[O-])C(=O)N[C@@H](CCC(=O)[O-])C(=O)N[C@@H](CCC(=O)[O-])C(=O)N[C@@H](CCCCNC(=O)CN1CCN(CO)CCN(C[CH-]OO)CCN(C[CH-]OO)CC1)C(=O)NCCOCCCC(C)=O.CCCCCCCCCCCCCCCC(=O)N[C@H](C(=O)N[C@@H](C)C(=O)N[C@@H](C)C(=O)N[C@@H](C)C(=O)N[C@H](C)CCC(=O)[O-])C(C)C.[Gd]. The van der Waals surface area contributed by atoms with Crippen LogP contribution in [0, 0.1) is 59.1 Å². The maximum atomic E-state index is 13.9. The van der Waals surface area contributed by atoms with Crippen molar-refractivity contribution in [2.45, 2.75) is 296 Å². The van der Waals surface area contributed by atoms with E-state index in [4.69, 9.17) is 20.0 Å². The summed E-state index contributed by atoms with van der Waals surface area (Å²) in [5.74, 6) is -13.6. The Morgan fingerprint density at radius 2 is 0.776 bits per heavy atom. The number of nitrogens with zero attached hydrogens (tertiary/aromatic N) is 4. The Labute approximate surface area is 767 Å². The van der Waals surface area contributed by atoms with Gasteiger partial charge in [-0.15, -0.1) is 13.1 Å². The number of rotatable bonds is 66. The number of unbranched alkanes of at least 4 members (excludes halogenated alkanes) is 13. The third kappa shape index (κ3) is 64.7. The number of carbonyl (C=O) groups excluding carboxylic acids is 17. The summed E-state index contributed by atoms with van der Waals surface area (Å²) in [4.78, 5) is 223. The summed E-state index contributed by atoms with van der Waals surface area (Å²) in [5, 5.41) is 100. The number of carboxylic acid groups (broad SMARTS) is 4. The molecular formula is C82H143GdN15O27-6. The van der Waals surface area contributed by atoms with Gasteiger partial charge in [0.15, 0.2) is 0 Å². The molecule has 1 aliphatic heterocycles. The zero-order valence-electron chi connectivity index (χ0n) is 74.5. The number of hydrogen-bond acceptors (Lipinski definition) is 31. The van der Waals surface area contributed by atoms with Gasteiger partial charge >= 0.3 is 0 Å². The molecule has 0 aromatic carbocycles. The second kappa shape index (κ2) is 76.4. The van der Waals surface area contributed by atoms with E-state index in [1.165, 1.54) is 112 Å². The van der Waals surface area contributed by atoms with E-state index < -0.39 is 170 Å². The molecule has 0 spiro atoms. The number of Topliss-reactive ketones (excluding diaryl/α,β-unsaturated/α-hetero) is 1. The summed E-state index contributed by atoms with van der Waals surface area (Å²) in [6.07, 6.45) is 13.3. The first kappa shape index (κ1) is 121. The van der Waals surface area contributed by atoms with E-state index in [1.807, 2.05) is 35.3 Å². The van der Waals surface area contributed by atoms with E-state index in [1.54, 1.807) is 11.8 Å². The molecule has 43 heteroatoms. The second-order valence-corrected chi connectivity index (χ2v) is 30.9. The first-order chi connectivity index (χ1) is 59.0. The van der Waals surface area contributed by atoms with Crippen molar-refractivity contribution in [3.63, 3.8) is 0 Å². The Hall–Kier alpha value is -7.69. The molecule has 0 saturated carbocycles. The molecule has 0 aromatic rings. The second-order valence-electron chi connectivity index (χ2n) is 30.9. The van der Waals surface area contributed by atoms with Crippen molar-refractivity contribution in [1.82, 2.24) is 78.1 Å². The largest absolute Gasteiger partial charge is 0.550 e. The third-order valence-electron chi connectivity index (χ3n) is 19.9. The molecule has 14 N–H and O–H groups in total. The Bertz CT molecular complexity index is 3140. The Kier molecular flexibility index (Phi) is 74.2. The molecule has 1 heterocycles. The average molecular weight is 1930 g/mol. The Morgan fingerprint density at radius 1 is 0.384 bits per heavy atom. The van der Waals surface area contributed by atoms with Gasteiger partial charge in [-0.3, -0.25) is 73.1 Å². The zero-order valence-corrected chi connectivity index (χ0v) is 76.8. The van der Waals surface area contributed by atoms with E-state index in [2.05, 4.69) is 75.2 Å². The molecule has 0 unspecified atom stereocenters. The number of nitrogens with one attached hydrogen (secondary N) is 11. The predicted octanol–water partition coefficient (Wildman–Crippen LogP) is -3.84. The van der Waals surface area contributed by atoms with Gasteiger partial charge in [-0.1, -0.05) is 105 Å². The maximum Gasteiger partial charge on any atom is 0.243 e. The van der Waals surface area contributed by atoms with Crippen LogP contribution in [0.1, 0.15) is 242 Å². The van der Waals surface area contributed by atoms with Crippen molar-refractivity contribution in [3.8, 4) is 0 Å². The number of amides is 11. The molecule has 722 valence electrons. The van der Waals surface area contributed by atoms with Crippen molar-refractivity contribution in [2.75, 3.05) is 105 Å². The van der Waals surface area contributed by atoms with E-state index >= 15 is 0 Å². The number of hydrogen-bond donors (Lipinski definition) is 14. The Balaban J connectivity index is -0.00000256. The van der Waals surface area contributed by atoms with Gasteiger partial charge in [0.05, 0.1) is 19.9 Å². The quantitative estimate of drug-likeness (QED) is 0.0120. The minimum absolute atomic E-state index is 0. The van der Waals surface area contributed by atoms with Crippen LogP contribution in [0.4, 0.5) is 0 Å².